The van der Waals surface area contributed by atoms with Gasteiger partial charge in [-0.2, -0.15) is 0 Å². The first-order valence-electron chi connectivity index (χ1n) is 12.5. The van der Waals surface area contributed by atoms with Gasteiger partial charge >= 0.3 is 0 Å². The zero-order chi connectivity index (χ0) is 25.9. The van der Waals surface area contributed by atoms with Crippen molar-refractivity contribution in [3.8, 4) is 0 Å². The zero-order valence-corrected chi connectivity index (χ0v) is 21.6. The van der Waals surface area contributed by atoms with Crippen molar-refractivity contribution < 1.29 is 22.8 Å². The number of carbonyl (C=O) groups excluding carboxylic acids is 3. The van der Waals surface area contributed by atoms with E-state index in [4.69, 9.17) is 0 Å². The highest BCUT2D eigenvalue weighted by atomic mass is 32.2. The maximum atomic E-state index is 13.3. The predicted molar refractivity (Wildman–Crippen MR) is 135 cm³/mol. The van der Waals surface area contributed by atoms with Crippen LogP contribution in [0.4, 0.5) is 0 Å². The van der Waals surface area contributed by atoms with Crippen LogP contribution in [-0.2, 0) is 26.2 Å². The number of hydrogen-bond acceptors (Lipinski definition) is 5. The Bertz CT molecular complexity index is 1250. The van der Waals surface area contributed by atoms with Gasteiger partial charge < -0.3 is 10.2 Å². The summed E-state index contributed by atoms with van der Waals surface area (Å²) in [4.78, 5) is 40.6. The molecule has 1 N–H and O–H groups in total. The van der Waals surface area contributed by atoms with Crippen LogP contribution in [0.15, 0.2) is 53.4 Å². The fourth-order valence-corrected chi connectivity index (χ4v) is 6.56. The minimum Gasteiger partial charge on any atom is -0.352 e. The van der Waals surface area contributed by atoms with Crippen LogP contribution in [-0.4, -0.2) is 54.0 Å². The number of fused-ring (bicyclic) bond motifs is 1. The molecule has 1 aliphatic carbocycles. The number of sulfonamides is 1. The molecule has 0 bridgehead atoms. The van der Waals surface area contributed by atoms with Gasteiger partial charge in [0.2, 0.25) is 11.8 Å². The first-order chi connectivity index (χ1) is 17.2. The van der Waals surface area contributed by atoms with Crippen LogP contribution in [0, 0.1) is 6.92 Å². The number of aryl methyl sites for hydroxylation is 1. The summed E-state index contributed by atoms with van der Waals surface area (Å²) in [6, 6.07) is 13.4. The number of carbonyl (C=O) groups is 3. The lowest BCUT2D eigenvalue weighted by Gasteiger charge is -2.30. The molecular formula is C27H33N3O5S. The summed E-state index contributed by atoms with van der Waals surface area (Å²) in [6.07, 6.45) is 4.26. The molecule has 36 heavy (non-hydrogen) atoms. The third-order valence-corrected chi connectivity index (χ3v) is 8.81. The van der Waals surface area contributed by atoms with Crippen LogP contribution in [0.1, 0.15) is 66.9 Å². The first-order valence-corrected chi connectivity index (χ1v) is 13.9. The van der Waals surface area contributed by atoms with E-state index in [-0.39, 0.29) is 54.2 Å². The molecule has 1 unspecified atom stereocenters. The Labute approximate surface area is 212 Å². The minimum absolute atomic E-state index is 0.000364. The van der Waals surface area contributed by atoms with Crippen LogP contribution in [0.3, 0.4) is 0 Å². The molecule has 192 valence electrons. The molecule has 2 aliphatic rings. The van der Waals surface area contributed by atoms with Gasteiger partial charge in [0.05, 0.1) is 5.56 Å². The van der Waals surface area contributed by atoms with E-state index < -0.39 is 22.0 Å². The maximum Gasteiger partial charge on any atom is 0.269 e. The average molecular weight is 512 g/mol. The van der Waals surface area contributed by atoms with Crippen LogP contribution < -0.4 is 5.32 Å². The highest BCUT2D eigenvalue weighted by molar-refractivity contribution is 7.90. The summed E-state index contributed by atoms with van der Waals surface area (Å²) in [6.45, 7) is 3.87. The van der Waals surface area contributed by atoms with E-state index in [1.165, 1.54) is 12.1 Å². The SMILES string of the molecule is Cc1cccc(CN(C(=O)CCCN2C(=O)c3ccccc3S2(=O)=O)C(C)C(=O)NC2CCCC2)c1. The van der Waals surface area contributed by atoms with Gasteiger partial charge in [0.15, 0.2) is 0 Å². The van der Waals surface area contributed by atoms with Crippen molar-refractivity contribution >= 4 is 27.7 Å². The van der Waals surface area contributed by atoms with Crippen molar-refractivity contribution in [3.63, 3.8) is 0 Å². The van der Waals surface area contributed by atoms with Crippen molar-refractivity contribution in [2.75, 3.05) is 6.54 Å². The summed E-state index contributed by atoms with van der Waals surface area (Å²) in [7, 11) is -3.92. The Morgan fingerprint density at radius 3 is 2.53 bits per heavy atom. The summed E-state index contributed by atoms with van der Waals surface area (Å²) >= 11 is 0. The Kier molecular flexibility index (Phi) is 7.78. The van der Waals surface area contributed by atoms with Gasteiger partial charge in [0.1, 0.15) is 10.9 Å². The number of benzene rings is 2. The molecule has 8 nitrogen and oxygen atoms in total. The molecule has 1 heterocycles. The maximum absolute atomic E-state index is 13.3. The zero-order valence-electron chi connectivity index (χ0n) is 20.8. The molecule has 0 radical (unpaired) electrons. The molecule has 2 aromatic rings. The lowest BCUT2D eigenvalue weighted by atomic mass is 10.1. The van der Waals surface area contributed by atoms with E-state index in [1.807, 2.05) is 31.2 Å². The molecule has 0 saturated heterocycles. The lowest BCUT2D eigenvalue weighted by molar-refractivity contribution is -0.141. The number of hydrogen-bond donors (Lipinski definition) is 1. The van der Waals surface area contributed by atoms with E-state index in [0.29, 0.717) is 0 Å². The van der Waals surface area contributed by atoms with Crippen molar-refractivity contribution in [1.82, 2.24) is 14.5 Å². The average Bonchev–Trinajstić information content (AvgIpc) is 3.43. The normalized spacial score (nSPS) is 17.6. The third-order valence-electron chi connectivity index (χ3n) is 6.97. The highest BCUT2D eigenvalue weighted by Crippen LogP contribution is 2.30. The molecule has 4 rings (SSSR count). The monoisotopic (exact) mass is 511 g/mol. The molecule has 3 amide bonds. The van der Waals surface area contributed by atoms with E-state index in [2.05, 4.69) is 5.32 Å². The van der Waals surface area contributed by atoms with Crippen LogP contribution in [0.5, 0.6) is 0 Å². The molecular weight excluding hydrogens is 478 g/mol. The van der Waals surface area contributed by atoms with Crippen molar-refractivity contribution in [1.29, 1.82) is 0 Å². The summed E-state index contributed by atoms with van der Waals surface area (Å²) in [5, 5.41) is 3.07. The van der Waals surface area contributed by atoms with Gasteiger partial charge in [-0.25, -0.2) is 12.7 Å². The van der Waals surface area contributed by atoms with Crippen LogP contribution >= 0.6 is 0 Å². The molecule has 0 aromatic heterocycles. The summed E-state index contributed by atoms with van der Waals surface area (Å²) < 4.78 is 26.4. The third kappa shape index (κ3) is 5.46. The Hall–Kier alpha value is -3.20. The van der Waals surface area contributed by atoms with Crippen molar-refractivity contribution in [2.24, 2.45) is 0 Å². The molecule has 1 aliphatic heterocycles. The van der Waals surface area contributed by atoms with Crippen LogP contribution in [0.25, 0.3) is 0 Å². The predicted octanol–water partition coefficient (Wildman–Crippen LogP) is 3.40. The van der Waals surface area contributed by atoms with Gasteiger partial charge in [-0.3, -0.25) is 14.4 Å². The molecule has 1 saturated carbocycles. The molecule has 1 atom stereocenters. The fourth-order valence-electron chi connectivity index (χ4n) is 4.95. The number of amides is 3. The Morgan fingerprint density at radius 1 is 1.11 bits per heavy atom. The van der Waals surface area contributed by atoms with Crippen LogP contribution in [0.2, 0.25) is 0 Å². The lowest BCUT2D eigenvalue weighted by Crippen LogP contribution is -2.49. The second-order valence-electron chi connectivity index (χ2n) is 9.66. The van der Waals surface area contributed by atoms with E-state index in [0.717, 1.165) is 41.1 Å². The van der Waals surface area contributed by atoms with E-state index in [9.17, 15) is 22.8 Å². The van der Waals surface area contributed by atoms with Gasteiger partial charge in [-0.15, -0.1) is 0 Å². The largest absolute Gasteiger partial charge is 0.352 e. The quantitative estimate of drug-likeness (QED) is 0.556. The second-order valence-corrected chi connectivity index (χ2v) is 11.5. The van der Waals surface area contributed by atoms with Crippen molar-refractivity contribution in [3.05, 3.63) is 65.2 Å². The van der Waals surface area contributed by atoms with Gasteiger partial charge in [0.25, 0.3) is 15.9 Å². The number of nitrogens with zero attached hydrogens (tertiary/aromatic N) is 2. The summed E-state index contributed by atoms with van der Waals surface area (Å²) in [5.74, 6) is -1.01. The summed E-state index contributed by atoms with van der Waals surface area (Å²) in [5.41, 5.74) is 2.12. The standard InChI is InChI=1S/C27H33N3O5S/c1-19-9-7-10-21(17-19)18-29(20(2)26(32)28-22-11-3-4-12-22)25(31)15-8-16-30-27(33)23-13-5-6-14-24(23)36(30,34)35/h5-7,9-10,13-14,17,20,22H,3-4,8,11-12,15-16,18H2,1-2H3,(H,28,32). The molecule has 9 heteroatoms. The smallest absolute Gasteiger partial charge is 0.269 e. The molecule has 0 spiro atoms. The van der Waals surface area contributed by atoms with Gasteiger partial charge in [-0.05, 0) is 50.8 Å². The van der Waals surface area contributed by atoms with Gasteiger partial charge in [-0.1, -0.05) is 54.8 Å². The van der Waals surface area contributed by atoms with E-state index >= 15 is 0 Å². The number of nitrogens with one attached hydrogen (secondary N) is 1. The second kappa shape index (κ2) is 10.8. The minimum atomic E-state index is -3.92. The van der Waals surface area contributed by atoms with E-state index in [1.54, 1.807) is 24.0 Å². The number of rotatable bonds is 9. The topological polar surface area (TPSA) is 104 Å². The fraction of sp³-hybridized carbons (Fsp3) is 0.444. The van der Waals surface area contributed by atoms with Gasteiger partial charge in [0, 0.05) is 25.6 Å². The van der Waals surface area contributed by atoms with Crippen molar-refractivity contribution in [2.45, 2.75) is 75.9 Å². The first kappa shape index (κ1) is 25.9. The molecule has 2 aromatic carbocycles. The highest BCUT2D eigenvalue weighted by Gasteiger charge is 2.40. The Balaban J connectivity index is 1.44. The Morgan fingerprint density at radius 2 is 1.83 bits per heavy atom. The molecule has 1 fully saturated rings.